The molecule has 3 saturated heterocycles. The number of piperazine rings is 1. The summed E-state index contributed by atoms with van der Waals surface area (Å²) in [5, 5.41) is 10.8. The molecule has 0 bridgehead atoms. The van der Waals surface area contributed by atoms with Gasteiger partial charge >= 0.3 is 0 Å². The van der Waals surface area contributed by atoms with E-state index in [0.29, 0.717) is 41.4 Å². The number of amides is 3. The van der Waals surface area contributed by atoms with Crippen molar-refractivity contribution in [2.75, 3.05) is 81.8 Å². The highest BCUT2D eigenvalue weighted by Gasteiger charge is 2.39. The Hall–Kier alpha value is -5.07. The van der Waals surface area contributed by atoms with Crippen LogP contribution in [0.1, 0.15) is 47.2 Å². The molecular formula is C44H51ClN9O4P. The number of piperidine rings is 2. The summed E-state index contributed by atoms with van der Waals surface area (Å²) in [6.07, 6.45) is 8.71. The van der Waals surface area contributed by atoms with Gasteiger partial charge in [0.15, 0.2) is 5.82 Å². The number of ether oxygens (including phenoxy) is 1. The molecule has 3 aromatic carbocycles. The number of nitrogens with one attached hydrogen (secondary N) is 3. The molecule has 3 fully saturated rings. The summed E-state index contributed by atoms with van der Waals surface area (Å²) in [4.78, 5) is 55.7. The molecule has 1 aromatic heterocycles. The number of carbonyl (C=O) groups is 3. The third kappa shape index (κ3) is 9.09. The first-order valence-electron chi connectivity index (χ1n) is 20.3. The molecule has 0 aliphatic carbocycles. The highest BCUT2D eigenvalue weighted by molar-refractivity contribution is 7.64. The summed E-state index contributed by atoms with van der Waals surface area (Å²) >= 11 is 6.52. The number of halogens is 1. The number of rotatable bonds is 12. The second kappa shape index (κ2) is 18.0. The maximum Gasteiger partial charge on any atom is 0.255 e. The topological polar surface area (TPSA) is 135 Å². The maximum atomic E-state index is 13.2. The molecule has 308 valence electrons. The normalized spacial score (nSPS) is 19.4. The van der Waals surface area contributed by atoms with E-state index in [9.17, 15) is 14.4 Å². The van der Waals surface area contributed by atoms with Gasteiger partial charge in [-0.2, -0.15) is 4.98 Å². The summed E-state index contributed by atoms with van der Waals surface area (Å²) in [6, 6.07) is 20.2. The number of nitrogens with zero attached hydrogens (tertiary/aromatic N) is 6. The van der Waals surface area contributed by atoms with Crippen molar-refractivity contribution < 1.29 is 19.1 Å². The van der Waals surface area contributed by atoms with Gasteiger partial charge in [0, 0.05) is 87.8 Å². The van der Waals surface area contributed by atoms with Gasteiger partial charge in [0.2, 0.25) is 17.8 Å². The Morgan fingerprint density at radius 3 is 2.49 bits per heavy atom. The lowest BCUT2D eigenvalue weighted by atomic mass is 10.0. The lowest BCUT2D eigenvalue weighted by Crippen LogP contribution is -2.53. The number of para-hydroxylation sites is 1. The predicted octanol–water partition coefficient (Wildman–Crippen LogP) is 6.05. The molecule has 5 heterocycles. The highest BCUT2D eigenvalue weighted by Crippen LogP contribution is 2.35. The minimum atomic E-state index is -0.611. The molecular weight excluding hydrogens is 785 g/mol. The van der Waals surface area contributed by atoms with Crippen molar-refractivity contribution in [1.82, 2.24) is 30.0 Å². The molecule has 4 aliphatic rings. The van der Waals surface area contributed by atoms with Gasteiger partial charge in [0.1, 0.15) is 16.8 Å². The van der Waals surface area contributed by atoms with Crippen molar-refractivity contribution in [3.63, 3.8) is 0 Å². The predicted molar refractivity (Wildman–Crippen MR) is 236 cm³/mol. The molecule has 0 spiro atoms. The Labute approximate surface area is 351 Å². The van der Waals surface area contributed by atoms with Crippen molar-refractivity contribution in [2.24, 2.45) is 0 Å². The van der Waals surface area contributed by atoms with Gasteiger partial charge in [0.05, 0.1) is 19.0 Å². The fourth-order valence-corrected chi connectivity index (χ4v) is 9.74. The Morgan fingerprint density at radius 1 is 0.932 bits per heavy atom. The van der Waals surface area contributed by atoms with Gasteiger partial charge in [-0.25, -0.2) is 4.98 Å². The van der Waals surface area contributed by atoms with E-state index in [1.807, 2.05) is 42.5 Å². The summed E-state index contributed by atoms with van der Waals surface area (Å²) < 4.78 is 5.84. The number of benzene rings is 3. The Balaban J connectivity index is 0.812. The summed E-state index contributed by atoms with van der Waals surface area (Å²) in [5.74, 6) is 0.869. The number of hydrogen-bond donors (Lipinski definition) is 3. The second-order valence-electron chi connectivity index (χ2n) is 15.7. The van der Waals surface area contributed by atoms with E-state index in [4.69, 9.17) is 21.3 Å². The van der Waals surface area contributed by atoms with Crippen LogP contribution in [0.5, 0.6) is 5.75 Å². The van der Waals surface area contributed by atoms with Gasteiger partial charge in [-0.1, -0.05) is 62.0 Å². The largest absolute Gasteiger partial charge is 0.494 e. The first-order chi connectivity index (χ1) is 28.6. The smallest absolute Gasteiger partial charge is 0.255 e. The molecule has 59 heavy (non-hydrogen) atoms. The van der Waals surface area contributed by atoms with Crippen LogP contribution in [-0.2, 0) is 16.1 Å². The molecule has 4 aliphatic heterocycles. The van der Waals surface area contributed by atoms with Crippen molar-refractivity contribution in [1.29, 1.82) is 0 Å². The number of methoxy groups -OCH3 is 1. The highest BCUT2D eigenvalue weighted by atomic mass is 35.5. The van der Waals surface area contributed by atoms with E-state index in [0.717, 1.165) is 92.6 Å². The van der Waals surface area contributed by atoms with E-state index < -0.39 is 6.04 Å². The van der Waals surface area contributed by atoms with Crippen molar-refractivity contribution in [3.8, 4) is 5.75 Å². The third-order valence-electron chi connectivity index (χ3n) is 11.8. The van der Waals surface area contributed by atoms with Crippen LogP contribution in [0.25, 0.3) is 6.08 Å². The summed E-state index contributed by atoms with van der Waals surface area (Å²) in [7, 11) is 1.36. The number of imide groups is 1. The molecule has 1 atom stereocenters. The number of anilines is 5. The van der Waals surface area contributed by atoms with Crippen molar-refractivity contribution in [3.05, 3.63) is 94.6 Å². The lowest BCUT2D eigenvalue weighted by Gasteiger charge is -2.43. The van der Waals surface area contributed by atoms with Gasteiger partial charge in [-0.15, -0.1) is 0 Å². The molecule has 15 heteroatoms. The summed E-state index contributed by atoms with van der Waals surface area (Å²) in [6.45, 7) is 11.7. The maximum absolute atomic E-state index is 13.2. The third-order valence-corrected chi connectivity index (χ3v) is 13.5. The molecule has 8 rings (SSSR count). The molecule has 0 radical (unpaired) electrons. The van der Waals surface area contributed by atoms with Crippen LogP contribution in [0.4, 0.5) is 28.8 Å². The standard InChI is InChI=1S/C44H51ClN9O4P/c1-58-38-26-31(13-14-35(38)48-44-46-27-34(45)41(50-44)47-36-11-4-5-12-39(36)59(2)3)52-20-17-30(18-21-52)53-24-22-51(23-25-53)19-7-9-29-8-6-10-32-33(29)28-54(43(32)57)37-15-16-40(55)49-42(37)56/h4-14,26-27,30,37H,15-25,28H2,1-3H3,(H,49,55,56)(H2,46,47,48,50). The lowest BCUT2D eigenvalue weighted by molar-refractivity contribution is -0.136. The van der Waals surface area contributed by atoms with Crippen LogP contribution in [0.15, 0.2) is 72.9 Å². The first-order valence-corrected chi connectivity index (χ1v) is 22.9. The Bertz CT molecular complexity index is 2240. The monoisotopic (exact) mass is 835 g/mol. The zero-order valence-corrected chi connectivity index (χ0v) is 35.4. The van der Waals surface area contributed by atoms with Crippen molar-refractivity contribution >= 4 is 77.5 Å². The fraction of sp³-hybridized carbons (Fsp3) is 0.386. The molecule has 3 amide bonds. The second-order valence-corrected chi connectivity index (χ2v) is 18.3. The Morgan fingerprint density at radius 2 is 1.73 bits per heavy atom. The van der Waals surface area contributed by atoms with E-state index >= 15 is 0 Å². The van der Waals surface area contributed by atoms with Crippen molar-refractivity contribution in [2.45, 2.75) is 44.3 Å². The van der Waals surface area contributed by atoms with Crippen LogP contribution in [0.2, 0.25) is 5.02 Å². The quantitative estimate of drug-likeness (QED) is 0.114. The van der Waals surface area contributed by atoms with Gasteiger partial charge in [-0.05, 0) is 73.3 Å². The number of fused-ring (bicyclic) bond motifs is 1. The van der Waals surface area contributed by atoms with E-state index in [-0.39, 0.29) is 32.1 Å². The zero-order valence-electron chi connectivity index (χ0n) is 33.8. The molecule has 3 N–H and O–H groups in total. The van der Waals surface area contributed by atoms with Crippen LogP contribution < -0.4 is 30.9 Å². The minimum absolute atomic E-state index is 0.144. The van der Waals surface area contributed by atoms with Gasteiger partial charge in [-0.3, -0.25) is 29.5 Å². The van der Waals surface area contributed by atoms with E-state index in [2.05, 4.69) is 79.3 Å². The van der Waals surface area contributed by atoms with Crippen LogP contribution in [0.3, 0.4) is 0 Å². The fourth-order valence-electron chi connectivity index (χ4n) is 8.61. The average molecular weight is 836 g/mol. The van der Waals surface area contributed by atoms with Gasteiger partial charge in [0.25, 0.3) is 5.91 Å². The average Bonchev–Trinajstić information content (AvgIpc) is 3.58. The number of hydrogen-bond acceptors (Lipinski definition) is 11. The molecule has 1 unspecified atom stereocenters. The van der Waals surface area contributed by atoms with Crippen LogP contribution >= 0.6 is 19.5 Å². The first kappa shape index (κ1) is 40.7. The SMILES string of the molecule is COc1cc(N2CCC(N3CCN(CC=Cc4cccc5c4CN(C4CCC(=O)NC4=O)C5=O)CC3)CC2)ccc1Nc1ncc(Cl)c(Nc2ccccc2P(C)C)n1. The zero-order chi connectivity index (χ0) is 41.0. The van der Waals surface area contributed by atoms with Crippen LogP contribution in [0, 0.1) is 0 Å². The van der Waals surface area contributed by atoms with E-state index in [1.54, 1.807) is 18.2 Å². The summed E-state index contributed by atoms with van der Waals surface area (Å²) in [5.41, 5.74) is 5.48. The molecule has 4 aromatic rings. The van der Waals surface area contributed by atoms with Crippen LogP contribution in [-0.4, -0.2) is 121 Å². The molecule has 13 nitrogen and oxygen atoms in total. The Kier molecular flexibility index (Phi) is 12.4. The number of aromatic nitrogens is 2. The van der Waals surface area contributed by atoms with E-state index in [1.165, 1.54) is 5.30 Å². The minimum Gasteiger partial charge on any atom is -0.494 e. The number of carbonyl (C=O) groups excluding carboxylic acids is 3. The molecule has 0 saturated carbocycles. The van der Waals surface area contributed by atoms with Gasteiger partial charge < -0.3 is 25.2 Å².